The largest absolute Gasteiger partial charge is 0.423 e. The summed E-state index contributed by atoms with van der Waals surface area (Å²) in [6, 6.07) is 13.5. The van der Waals surface area contributed by atoms with Gasteiger partial charge in [-0.25, -0.2) is 0 Å². The molecule has 0 bridgehead atoms. The highest BCUT2D eigenvalue weighted by atomic mass is 32.1. The molecule has 0 aromatic heterocycles. The van der Waals surface area contributed by atoms with Gasteiger partial charge in [0.25, 0.3) is 5.69 Å². The Hall–Kier alpha value is -2.92. The molecule has 4 rings (SSSR count). The molecule has 1 N–H and O–H groups in total. The number of nitrogens with zero attached hydrogens (tertiary/aromatic N) is 4. The number of piperazine rings is 1. The molecule has 202 valence electrons. The number of rotatable bonds is 7. The molecule has 0 atom stereocenters. The first kappa shape index (κ1) is 28.6. The summed E-state index contributed by atoms with van der Waals surface area (Å²) in [5, 5.41) is 14.1. The lowest BCUT2D eigenvalue weighted by atomic mass is 10.0. The Balaban J connectivity index is 0.00000380. The molecule has 2 aliphatic heterocycles. The van der Waals surface area contributed by atoms with Gasteiger partial charge in [-0.05, 0) is 37.1 Å². The minimum absolute atomic E-state index is 0. The van der Waals surface area contributed by atoms with Crippen molar-refractivity contribution in [2.45, 2.75) is 38.9 Å². The van der Waals surface area contributed by atoms with E-state index >= 15 is 0 Å². The van der Waals surface area contributed by atoms with Crippen LogP contribution in [0.3, 0.4) is 0 Å². The Morgan fingerprint density at radius 1 is 1.03 bits per heavy atom. The van der Waals surface area contributed by atoms with E-state index in [0.29, 0.717) is 0 Å². The van der Waals surface area contributed by atoms with E-state index in [2.05, 4.69) is 44.3 Å². The van der Waals surface area contributed by atoms with Crippen molar-refractivity contribution in [1.29, 1.82) is 0 Å². The second-order valence-corrected chi connectivity index (χ2v) is 9.67. The third-order valence-corrected chi connectivity index (χ3v) is 7.31. The van der Waals surface area contributed by atoms with Crippen LogP contribution in [0.4, 0.5) is 30.2 Å². The monoisotopic (exact) mass is 537 g/mol. The second-order valence-electron chi connectivity index (χ2n) is 9.20. The van der Waals surface area contributed by atoms with E-state index in [1.165, 1.54) is 11.8 Å². The van der Waals surface area contributed by atoms with Crippen molar-refractivity contribution >= 4 is 34.3 Å². The van der Waals surface area contributed by atoms with E-state index < -0.39 is 22.4 Å². The molecule has 0 unspecified atom stereocenters. The van der Waals surface area contributed by atoms with Crippen LogP contribution in [0.15, 0.2) is 48.5 Å². The number of anilines is 2. The van der Waals surface area contributed by atoms with E-state index in [9.17, 15) is 23.3 Å². The minimum atomic E-state index is -4.79. The second kappa shape index (κ2) is 12.6. The Morgan fingerprint density at radius 2 is 1.68 bits per heavy atom. The van der Waals surface area contributed by atoms with E-state index in [4.69, 9.17) is 12.2 Å². The lowest BCUT2D eigenvalue weighted by Crippen LogP contribution is -2.48. The Bertz CT molecular complexity index is 1050. The lowest BCUT2D eigenvalue weighted by molar-refractivity contribution is -0.388. The number of likely N-dealkylation sites (tertiary alicyclic amines) is 1. The highest BCUT2D eigenvalue weighted by molar-refractivity contribution is 7.80. The maximum Gasteiger partial charge on any atom is 0.423 e. The zero-order valence-corrected chi connectivity index (χ0v) is 20.7. The van der Waals surface area contributed by atoms with Gasteiger partial charge in [-0.15, -0.1) is 0 Å². The third-order valence-electron chi connectivity index (χ3n) is 6.85. The molecule has 2 fully saturated rings. The summed E-state index contributed by atoms with van der Waals surface area (Å²) in [7, 11) is 0. The maximum absolute atomic E-state index is 13.3. The van der Waals surface area contributed by atoms with Crippen LogP contribution in [0.5, 0.6) is 0 Å². The average molecular weight is 538 g/mol. The van der Waals surface area contributed by atoms with Crippen molar-refractivity contribution in [3.05, 3.63) is 64.2 Å². The fourth-order valence-electron chi connectivity index (χ4n) is 4.80. The van der Waals surface area contributed by atoms with Crippen LogP contribution in [-0.2, 0) is 6.18 Å². The fourth-order valence-corrected chi connectivity index (χ4v) is 5.08. The predicted molar refractivity (Wildman–Crippen MR) is 145 cm³/mol. The average Bonchev–Trinajstić information content (AvgIpc) is 2.88. The number of para-hydroxylation sites is 1. The quantitative estimate of drug-likeness (QED) is 0.278. The van der Waals surface area contributed by atoms with E-state index in [1.54, 1.807) is 0 Å². The van der Waals surface area contributed by atoms with Crippen molar-refractivity contribution in [2.75, 3.05) is 56.0 Å². The number of piperidine rings is 1. The first-order valence-corrected chi connectivity index (χ1v) is 12.5. The number of halogens is 3. The van der Waals surface area contributed by atoms with Gasteiger partial charge in [0.2, 0.25) is 0 Å². The zero-order valence-electron chi connectivity index (χ0n) is 19.9. The SMILES string of the molecule is C.O=[N+]([O-])c1ccc(NC2CCN(C(=S)CCN3CCN(c4ccccc4)CC3)CC2)cc1C(F)(F)F. The summed E-state index contributed by atoms with van der Waals surface area (Å²) >= 11 is 5.69. The molecule has 2 aliphatic rings. The Kier molecular flexibility index (Phi) is 9.72. The molecule has 37 heavy (non-hydrogen) atoms. The van der Waals surface area contributed by atoms with E-state index in [0.717, 1.165) is 82.2 Å². The van der Waals surface area contributed by atoms with Gasteiger partial charge in [-0.3, -0.25) is 15.0 Å². The summed E-state index contributed by atoms with van der Waals surface area (Å²) in [4.78, 5) is 17.9. The Labute approximate surface area is 221 Å². The van der Waals surface area contributed by atoms with Crippen molar-refractivity contribution in [3.8, 4) is 0 Å². The van der Waals surface area contributed by atoms with Crippen LogP contribution in [-0.4, -0.2) is 71.6 Å². The van der Waals surface area contributed by atoms with Gasteiger partial charge in [0.15, 0.2) is 0 Å². The first-order valence-electron chi connectivity index (χ1n) is 12.1. The molecule has 0 amide bonds. The van der Waals surface area contributed by atoms with Crippen molar-refractivity contribution in [3.63, 3.8) is 0 Å². The summed E-state index contributed by atoms with van der Waals surface area (Å²) in [5.74, 6) is 0. The van der Waals surface area contributed by atoms with Crippen LogP contribution < -0.4 is 10.2 Å². The molecular formula is C26H34F3N5O2S. The lowest BCUT2D eigenvalue weighted by Gasteiger charge is -2.37. The third kappa shape index (κ3) is 7.54. The normalized spacial score (nSPS) is 17.3. The van der Waals surface area contributed by atoms with E-state index in [-0.39, 0.29) is 19.2 Å². The number of hydrogen-bond donors (Lipinski definition) is 1. The van der Waals surface area contributed by atoms with Gasteiger partial charge in [-0.1, -0.05) is 37.8 Å². The Morgan fingerprint density at radius 3 is 2.27 bits per heavy atom. The van der Waals surface area contributed by atoms with Crippen LogP contribution in [0.25, 0.3) is 0 Å². The molecule has 0 saturated carbocycles. The van der Waals surface area contributed by atoms with Gasteiger partial charge < -0.3 is 15.1 Å². The molecule has 2 saturated heterocycles. The maximum atomic E-state index is 13.3. The van der Waals surface area contributed by atoms with Gasteiger partial charge in [0, 0.05) is 75.7 Å². The molecule has 0 spiro atoms. The highest BCUT2D eigenvalue weighted by Crippen LogP contribution is 2.38. The van der Waals surface area contributed by atoms with Gasteiger partial charge >= 0.3 is 6.18 Å². The molecule has 2 aromatic carbocycles. The number of nitro benzene ring substituents is 1. The summed E-state index contributed by atoms with van der Waals surface area (Å²) in [6.45, 7) is 6.37. The van der Waals surface area contributed by atoms with Gasteiger partial charge in [-0.2, -0.15) is 13.2 Å². The molecule has 0 aliphatic carbocycles. The summed E-state index contributed by atoms with van der Waals surface area (Å²) in [6.07, 6.45) is -2.51. The van der Waals surface area contributed by atoms with Gasteiger partial charge in [0.1, 0.15) is 5.56 Å². The van der Waals surface area contributed by atoms with Crippen molar-refractivity contribution in [2.24, 2.45) is 0 Å². The number of thiocarbonyl (C=S) groups is 1. The molecule has 11 heteroatoms. The van der Waals surface area contributed by atoms with Crippen molar-refractivity contribution < 1.29 is 18.1 Å². The van der Waals surface area contributed by atoms with Crippen molar-refractivity contribution in [1.82, 2.24) is 9.80 Å². The van der Waals surface area contributed by atoms with Crippen LogP contribution in [0, 0.1) is 10.1 Å². The topological polar surface area (TPSA) is 64.9 Å². The number of alkyl halides is 3. The smallest absolute Gasteiger partial charge is 0.382 e. The molecule has 0 radical (unpaired) electrons. The molecular weight excluding hydrogens is 503 g/mol. The number of nitrogens with one attached hydrogen (secondary N) is 1. The van der Waals surface area contributed by atoms with Crippen LogP contribution >= 0.6 is 12.2 Å². The number of nitro groups is 1. The summed E-state index contributed by atoms with van der Waals surface area (Å²) in [5.41, 5.74) is -0.675. The fraction of sp³-hybridized carbons (Fsp3) is 0.500. The molecule has 2 heterocycles. The minimum Gasteiger partial charge on any atom is -0.382 e. The standard InChI is InChI=1S/C25H30F3N5O2S.CH4/c26-25(27,28)22-18-20(6-7-23(22)33(34)35)29-19-8-12-32(13-9-19)24(36)10-11-30-14-16-31(17-15-30)21-4-2-1-3-5-21;/h1-7,18-19,29H,8-17H2;1H4. The molecule has 7 nitrogen and oxygen atoms in total. The number of benzene rings is 2. The predicted octanol–water partition coefficient (Wildman–Crippen LogP) is 5.67. The van der Waals surface area contributed by atoms with E-state index in [1.807, 2.05) is 6.07 Å². The highest BCUT2D eigenvalue weighted by Gasteiger charge is 2.38. The first-order chi connectivity index (χ1) is 17.2. The van der Waals surface area contributed by atoms with Gasteiger partial charge in [0.05, 0.1) is 9.91 Å². The van der Waals surface area contributed by atoms with Crippen LogP contribution in [0.2, 0.25) is 0 Å². The summed E-state index contributed by atoms with van der Waals surface area (Å²) < 4.78 is 39.8. The molecule has 2 aromatic rings. The van der Waals surface area contributed by atoms with Crippen LogP contribution in [0.1, 0.15) is 32.3 Å². The number of hydrogen-bond acceptors (Lipinski definition) is 6. The zero-order chi connectivity index (χ0) is 25.7.